The topological polar surface area (TPSA) is 61.2 Å². The van der Waals surface area contributed by atoms with Crippen molar-refractivity contribution in [2.24, 2.45) is 0 Å². The van der Waals surface area contributed by atoms with E-state index in [-0.39, 0.29) is 10.6 Å². The molecule has 8 heteroatoms. The summed E-state index contributed by atoms with van der Waals surface area (Å²) in [6, 6.07) is 14.2. The summed E-state index contributed by atoms with van der Waals surface area (Å²) >= 11 is 0. The zero-order chi connectivity index (χ0) is 18.9. The highest BCUT2D eigenvalue weighted by Crippen LogP contribution is 2.29. The number of halogens is 2. The Labute approximate surface area is 149 Å². The second kappa shape index (κ2) is 6.87. The summed E-state index contributed by atoms with van der Waals surface area (Å²) in [6.07, 6.45) is -1.61. The van der Waals surface area contributed by atoms with E-state index in [1.165, 1.54) is 42.1 Å². The van der Waals surface area contributed by atoms with Crippen LogP contribution in [0, 0.1) is 0 Å². The highest BCUT2D eigenvalue weighted by Gasteiger charge is 2.18. The third-order valence-electron chi connectivity index (χ3n) is 3.85. The van der Waals surface area contributed by atoms with Crippen LogP contribution < -0.4 is 4.74 Å². The Morgan fingerprint density at radius 1 is 1.04 bits per heavy atom. The first-order valence-electron chi connectivity index (χ1n) is 7.62. The van der Waals surface area contributed by atoms with Crippen LogP contribution in [0.3, 0.4) is 0 Å². The molecule has 0 N–H and O–H groups in total. The molecule has 26 heavy (non-hydrogen) atoms. The van der Waals surface area contributed by atoms with Crippen molar-refractivity contribution >= 4 is 9.84 Å². The molecule has 1 heterocycles. The van der Waals surface area contributed by atoms with Crippen molar-refractivity contribution in [2.45, 2.75) is 11.3 Å². The number of sulfone groups is 1. The second-order valence-electron chi connectivity index (χ2n) is 5.66. The normalized spacial score (nSPS) is 11.7. The lowest BCUT2D eigenvalue weighted by Crippen LogP contribution is -2.02. The van der Waals surface area contributed by atoms with Gasteiger partial charge in [-0.2, -0.15) is 5.10 Å². The van der Waals surface area contributed by atoms with E-state index in [9.17, 15) is 17.2 Å². The molecule has 2 aromatic carbocycles. The molecule has 0 atom stereocenters. The Morgan fingerprint density at radius 2 is 1.65 bits per heavy atom. The first kappa shape index (κ1) is 18.1. The molecule has 0 aliphatic heterocycles. The van der Waals surface area contributed by atoms with Crippen LogP contribution in [0.4, 0.5) is 8.78 Å². The van der Waals surface area contributed by atoms with Crippen LogP contribution >= 0.6 is 0 Å². The average molecular weight is 378 g/mol. The molecule has 0 amide bonds. The van der Waals surface area contributed by atoms with Gasteiger partial charge in [-0.3, -0.25) is 0 Å². The van der Waals surface area contributed by atoms with Crippen molar-refractivity contribution in [3.8, 4) is 22.7 Å². The maximum absolute atomic E-state index is 13.2. The number of aromatic nitrogens is 2. The van der Waals surface area contributed by atoms with Crippen LogP contribution in [0.5, 0.6) is 5.75 Å². The molecule has 0 radical (unpaired) electrons. The second-order valence-corrected chi connectivity index (χ2v) is 7.68. The number of alkyl halides is 2. The quantitative estimate of drug-likeness (QED) is 0.676. The largest absolute Gasteiger partial charge is 0.497 e. The third-order valence-corrected chi connectivity index (χ3v) is 4.98. The van der Waals surface area contributed by atoms with Crippen LogP contribution in [0.1, 0.15) is 12.1 Å². The highest BCUT2D eigenvalue weighted by molar-refractivity contribution is 7.90. The van der Waals surface area contributed by atoms with Crippen molar-refractivity contribution < 1.29 is 21.9 Å². The lowest BCUT2D eigenvalue weighted by molar-refractivity contribution is 0.145. The Kier molecular flexibility index (Phi) is 4.78. The minimum atomic E-state index is -3.34. The summed E-state index contributed by atoms with van der Waals surface area (Å²) in [7, 11) is -1.80. The smallest absolute Gasteiger partial charge is 0.282 e. The molecule has 0 aliphatic rings. The number of nitrogens with zero attached hydrogens (tertiary/aromatic N) is 2. The summed E-state index contributed by atoms with van der Waals surface area (Å²) in [6.45, 7) is 0. The van der Waals surface area contributed by atoms with E-state index < -0.39 is 16.3 Å². The minimum absolute atomic E-state index is 0.147. The van der Waals surface area contributed by atoms with Gasteiger partial charge in [0.25, 0.3) is 6.43 Å². The van der Waals surface area contributed by atoms with Gasteiger partial charge >= 0.3 is 0 Å². The average Bonchev–Trinajstić information content (AvgIpc) is 3.07. The van der Waals surface area contributed by atoms with Gasteiger partial charge in [0, 0.05) is 11.8 Å². The van der Waals surface area contributed by atoms with Gasteiger partial charge in [-0.05, 0) is 54.6 Å². The van der Waals surface area contributed by atoms with Crippen LogP contribution in [0.2, 0.25) is 0 Å². The first-order chi connectivity index (χ1) is 12.3. The van der Waals surface area contributed by atoms with Gasteiger partial charge in [0.05, 0.1) is 23.4 Å². The Morgan fingerprint density at radius 3 is 2.15 bits per heavy atom. The molecule has 136 valence electrons. The van der Waals surface area contributed by atoms with Crippen molar-refractivity contribution in [3.63, 3.8) is 0 Å². The van der Waals surface area contributed by atoms with Crippen molar-refractivity contribution in [3.05, 3.63) is 60.3 Å². The van der Waals surface area contributed by atoms with E-state index in [0.717, 1.165) is 6.26 Å². The molecule has 0 saturated carbocycles. The lowest BCUT2D eigenvalue weighted by Gasteiger charge is -2.09. The fraction of sp³-hybridized carbons (Fsp3) is 0.167. The summed E-state index contributed by atoms with van der Waals surface area (Å²) in [5.74, 6) is 0.645. The fourth-order valence-electron chi connectivity index (χ4n) is 2.50. The number of rotatable bonds is 5. The van der Waals surface area contributed by atoms with Crippen molar-refractivity contribution in [1.29, 1.82) is 0 Å². The van der Waals surface area contributed by atoms with E-state index in [4.69, 9.17) is 4.74 Å². The molecule has 5 nitrogen and oxygen atoms in total. The highest BCUT2D eigenvalue weighted by atomic mass is 32.2. The SMILES string of the molecule is COc1ccc(-c2cc(C(F)F)nn2-c2ccc(S(C)(=O)=O)cc2)cc1. The van der Waals surface area contributed by atoms with Gasteiger partial charge in [-0.25, -0.2) is 21.9 Å². The predicted molar refractivity (Wildman–Crippen MR) is 93.6 cm³/mol. The number of ether oxygens (including phenoxy) is 1. The fourth-order valence-corrected chi connectivity index (χ4v) is 3.14. The summed E-state index contributed by atoms with van der Waals surface area (Å²) in [4.78, 5) is 0.147. The standard InChI is InChI=1S/C18H16F2N2O3S/c1-25-14-7-3-12(4-8-14)17-11-16(18(19)20)21-22(17)13-5-9-15(10-6-13)26(2,23)24/h3-11,18H,1-2H3. The molecule has 1 aromatic heterocycles. The molecule has 0 fully saturated rings. The zero-order valence-electron chi connectivity index (χ0n) is 14.1. The summed E-state index contributed by atoms with van der Waals surface area (Å²) < 4.78 is 56.0. The maximum atomic E-state index is 13.2. The lowest BCUT2D eigenvalue weighted by atomic mass is 10.1. The van der Waals surface area contributed by atoms with Gasteiger partial charge in [0.15, 0.2) is 9.84 Å². The van der Waals surface area contributed by atoms with E-state index in [1.807, 2.05) is 0 Å². The molecule has 0 saturated heterocycles. The van der Waals surface area contributed by atoms with E-state index in [1.54, 1.807) is 24.3 Å². The third kappa shape index (κ3) is 3.60. The molecular weight excluding hydrogens is 362 g/mol. The van der Waals surface area contributed by atoms with Crippen molar-refractivity contribution in [2.75, 3.05) is 13.4 Å². The summed E-state index contributed by atoms with van der Waals surface area (Å²) in [5, 5.41) is 3.98. The van der Waals surface area contributed by atoms with Crippen LogP contribution in [-0.2, 0) is 9.84 Å². The molecule has 0 aliphatic carbocycles. The molecule has 0 unspecified atom stereocenters. The molecular formula is C18H16F2N2O3S. The number of hydrogen-bond donors (Lipinski definition) is 0. The van der Waals surface area contributed by atoms with Gasteiger partial charge < -0.3 is 4.74 Å². The molecule has 0 bridgehead atoms. The number of methoxy groups -OCH3 is 1. The van der Waals surface area contributed by atoms with E-state index >= 15 is 0 Å². The van der Waals surface area contributed by atoms with E-state index in [2.05, 4.69) is 5.10 Å². The van der Waals surface area contributed by atoms with Crippen LogP contribution in [0.25, 0.3) is 16.9 Å². The zero-order valence-corrected chi connectivity index (χ0v) is 14.9. The van der Waals surface area contributed by atoms with Gasteiger partial charge in [-0.1, -0.05) is 0 Å². The maximum Gasteiger partial charge on any atom is 0.282 e. The van der Waals surface area contributed by atoms with Crippen LogP contribution in [0.15, 0.2) is 59.5 Å². The van der Waals surface area contributed by atoms with Gasteiger partial charge in [-0.15, -0.1) is 0 Å². The van der Waals surface area contributed by atoms with Crippen LogP contribution in [-0.4, -0.2) is 31.6 Å². The minimum Gasteiger partial charge on any atom is -0.497 e. The Bertz CT molecular complexity index is 1010. The van der Waals surface area contributed by atoms with Gasteiger partial charge in [0.1, 0.15) is 11.4 Å². The number of hydrogen-bond acceptors (Lipinski definition) is 4. The molecule has 3 rings (SSSR count). The Balaban J connectivity index is 2.10. The Hall–Kier alpha value is -2.74. The first-order valence-corrected chi connectivity index (χ1v) is 9.52. The summed E-state index contributed by atoms with van der Waals surface area (Å²) in [5.41, 5.74) is 1.27. The monoisotopic (exact) mass is 378 g/mol. The molecule has 3 aromatic rings. The number of benzene rings is 2. The molecule has 0 spiro atoms. The predicted octanol–water partition coefficient (Wildman–Crippen LogP) is 3.89. The van der Waals surface area contributed by atoms with Crippen molar-refractivity contribution in [1.82, 2.24) is 9.78 Å². The van der Waals surface area contributed by atoms with Gasteiger partial charge in [0.2, 0.25) is 0 Å². The van der Waals surface area contributed by atoms with E-state index in [0.29, 0.717) is 22.7 Å².